The first-order chi connectivity index (χ1) is 9.49. The molecule has 1 aromatic carbocycles. The van der Waals surface area contributed by atoms with Crippen LogP contribution in [-0.2, 0) is 0 Å². The highest BCUT2D eigenvalue weighted by Gasteiger charge is 2.11. The molecule has 0 saturated carbocycles. The summed E-state index contributed by atoms with van der Waals surface area (Å²) in [6.07, 6.45) is 0. The van der Waals surface area contributed by atoms with Gasteiger partial charge in [-0.05, 0) is 30.3 Å². The lowest BCUT2D eigenvalue weighted by Crippen LogP contribution is -2.14. The summed E-state index contributed by atoms with van der Waals surface area (Å²) in [6, 6.07) is 7.64. The van der Waals surface area contributed by atoms with Crippen LogP contribution in [0, 0.1) is 0 Å². The van der Waals surface area contributed by atoms with Crippen LogP contribution in [0.5, 0.6) is 0 Å². The molecule has 5 nitrogen and oxygen atoms in total. The Balaban J connectivity index is 2.26. The molecule has 0 fully saturated rings. The first-order valence-electron chi connectivity index (χ1n) is 5.40. The third kappa shape index (κ3) is 3.52. The van der Waals surface area contributed by atoms with E-state index in [4.69, 9.17) is 40.6 Å². The van der Waals surface area contributed by atoms with Crippen molar-refractivity contribution in [1.29, 1.82) is 0 Å². The number of aromatic nitrogens is 1. The minimum absolute atomic E-state index is 0.146. The van der Waals surface area contributed by atoms with E-state index in [2.05, 4.69) is 15.7 Å². The number of anilines is 2. The van der Waals surface area contributed by atoms with E-state index in [0.717, 1.165) is 0 Å². The normalized spacial score (nSPS) is 10.2. The molecule has 0 spiro atoms. The van der Waals surface area contributed by atoms with Crippen LogP contribution >= 0.6 is 34.8 Å². The van der Waals surface area contributed by atoms with Crippen molar-refractivity contribution in [1.82, 2.24) is 4.98 Å². The third-order valence-corrected chi connectivity index (χ3v) is 3.12. The SMILES string of the molecule is NNc1cc(C(=O)Nc2ccc(Cl)cc2Cl)cc(Cl)n1. The molecule has 0 aliphatic heterocycles. The van der Waals surface area contributed by atoms with Gasteiger partial charge in [0, 0.05) is 10.6 Å². The van der Waals surface area contributed by atoms with Crippen molar-refractivity contribution >= 4 is 52.2 Å². The van der Waals surface area contributed by atoms with Crippen LogP contribution in [0.1, 0.15) is 10.4 Å². The first-order valence-corrected chi connectivity index (χ1v) is 6.53. The number of pyridine rings is 1. The van der Waals surface area contributed by atoms with E-state index in [-0.39, 0.29) is 11.0 Å². The second kappa shape index (κ2) is 6.28. The zero-order valence-electron chi connectivity index (χ0n) is 9.95. The maximum absolute atomic E-state index is 12.1. The Kier molecular flexibility index (Phi) is 4.67. The Morgan fingerprint density at radius 2 is 1.90 bits per heavy atom. The Morgan fingerprint density at radius 3 is 2.55 bits per heavy atom. The van der Waals surface area contributed by atoms with Gasteiger partial charge in [0.25, 0.3) is 5.91 Å². The molecule has 4 N–H and O–H groups in total. The lowest BCUT2D eigenvalue weighted by atomic mass is 10.2. The summed E-state index contributed by atoms with van der Waals surface area (Å²) in [7, 11) is 0. The minimum atomic E-state index is -0.393. The summed E-state index contributed by atoms with van der Waals surface area (Å²) in [6.45, 7) is 0. The van der Waals surface area contributed by atoms with Gasteiger partial charge in [-0.1, -0.05) is 34.8 Å². The van der Waals surface area contributed by atoms with Gasteiger partial charge in [-0.15, -0.1) is 0 Å². The van der Waals surface area contributed by atoms with Gasteiger partial charge in [-0.3, -0.25) is 4.79 Å². The largest absolute Gasteiger partial charge is 0.321 e. The van der Waals surface area contributed by atoms with Crippen molar-refractivity contribution in [3.63, 3.8) is 0 Å². The molecular formula is C12H9Cl3N4O. The van der Waals surface area contributed by atoms with E-state index in [1.54, 1.807) is 12.1 Å². The fraction of sp³-hybridized carbons (Fsp3) is 0. The van der Waals surface area contributed by atoms with Crippen molar-refractivity contribution in [2.45, 2.75) is 0 Å². The molecule has 1 aromatic heterocycles. The van der Waals surface area contributed by atoms with Crippen LogP contribution in [0.4, 0.5) is 11.5 Å². The van der Waals surface area contributed by atoms with Gasteiger partial charge in [0.2, 0.25) is 0 Å². The summed E-state index contributed by atoms with van der Waals surface area (Å²) < 4.78 is 0. The Labute approximate surface area is 130 Å². The van der Waals surface area contributed by atoms with Crippen LogP contribution in [0.3, 0.4) is 0 Å². The molecule has 0 aliphatic rings. The number of hydrogen-bond donors (Lipinski definition) is 3. The van der Waals surface area contributed by atoms with Gasteiger partial charge in [0.15, 0.2) is 0 Å². The second-order valence-corrected chi connectivity index (χ2v) is 5.02. The standard InChI is InChI=1S/C12H9Cl3N4O/c13-7-1-2-9(8(14)5-7)17-12(20)6-3-10(15)18-11(4-6)19-16/h1-5H,16H2,(H,17,20)(H,18,19). The molecule has 2 rings (SSSR count). The Hall–Kier alpha value is -1.53. The van der Waals surface area contributed by atoms with Gasteiger partial charge >= 0.3 is 0 Å². The average Bonchev–Trinajstić information content (AvgIpc) is 2.41. The predicted octanol–water partition coefficient (Wildman–Crippen LogP) is 3.58. The minimum Gasteiger partial charge on any atom is -0.321 e. The molecule has 0 atom stereocenters. The maximum Gasteiger partial charge on any atom is 0.255 e. The number of halogens is 3. The molecule has 2 aromatic rings. The zero-order valence-corrected chi connectivity index (χ0v) is 12.2. The average molecular weight is 332 g/mol. The second-order valence-electron chi connectivity index (χ2n) is 3.79. The monoisotopic (exact) mass is 330 g/mol. The quantitative estimate of drug-likeness (QED) is 0.456. The summed E-state index contributed by atoms with van der Waals surface area (Å²) in [5.74, 6) is 5.13. The number of rotatable bonds is 3. The highest BCUT2D eigenvalue weighted by Crippen LogP contribution is 2.26. The van der Waals surface area contributed by atoms with Crippen LogP contribution in [-0.4, -0.2) is 10.9 Å². The maximum atomic E-state index is 12.1. The fourth-order valence-corrected chi connectivity index (χ4v) is 2.15. The number of nitrogens with zero attached hydrogens (tertiary/aromatic N) is 1. The molecule has 0 radical (unpaired) electrons. The summed E-state index contributed by atoms with van der Waals surface area (Å²) in [5, 5.41) is 3.61. The summed E-state index contributed by atoms with van der Waals surface area (Å²) >= 11 is 17.6. The molecule has 8 heteroatoms. The molecule has 20 heavy (non-hydrogen) atoms. The molecule has 0 saturated heterocycles. The van der Waals surface area contributed by atoms with E-state index in [1.165, 1.54) is 18.2 Å². The molecular weight excluding hydrogens is 323 g/mol. The number of hydrazine groups is 1. The zero-order chi connectivity index (χ0) is 14.7. The number of nitrogens with one attached hydrogen (secondary N) is 2. The lowest BCUT2D eigenvalue weighted by molar-refractivity contribution is 0.102. The van der Waals surface area contributed by atoms with Crippen LogP contribution in [0.15, 0.2) is 30.3 Å². The van der Waals surface area contributed by atoms with Crippen LogP contribution < -0.4 is 16.6 Å². The topological polar surface area (TPSA) is 80.0 Å². The van der Waals surface area contributed by atoms with Gasteiger partial charge in [0.1, 0.15) is 11.0 Å². The number of hydrogen-bond acceptors (Lipinski definition) is 4. The van der Waals surface area contributed by atoms with Crippen molar-refractivity contribution in [3.8, 4) is 0 Å². The van der Waals surface area contributed by atoms with Gasteiger partial charge < -0.3 is 10.7 Å². The fourth-order valence-electron chi connectivity index (χ4n) is 1.49. The third-order valence-electron chi connectivity index (χ3n) is 2.38. The van der Waals surface area contributed by atoms with Crippen molar-refractivity contribution in [2.24, 2.45) is 5.84 Å². The number of benzene rings is 1. The van der Waals surface area contributed by atoms with Crippen LogP contribution in [0.25, 0.3) is 0 Å². The molecule has 0 bridgehead atoms. The molecule has 1 amide bonds. The van der Waals surface area contributed by atoms with E-state index >= 15 is 0 Å². The Morgan fingerprint density at radius 1 is 1.15 bits per heavy atom. The van der Waals surface area contributed by atoms with E-state index < -0.39 is 5.91 Å². The summed E-state index contributed by atoms with van der Waals surface area (Å²) in [4.78, 5) is 16.0. The highest BCUT2D eigenvalue weighted by molar-refractivity contribution is 6.37. The first kappa shape index (κ1) is 14.9. The van der Waals surface area contributed by atoms with Crippen molar-refractivity contribution < 1.29 is 4.79 Å². The molecule has 104 valence electrons. The number of carbonyl (C=O) groups is 1. The Bertz CT molecular complexity index is 663. The van der Waals surface area contributed by atoms with Crippen molar-refractivity contribution in [2.75, 3.05) is 10.7 Å². The molecule has 0 unspecified atom stereocenters. The number of carbonyl (C=O) groups excluding carboxylic acids is 1. The highest BCUT2D eigenvalue weighted by atomic mass is 35.5. The van der Waals surface area contributed by atoms with Crippen LogP contribution in [0.2, 0.25) is 15.2 Å². The number of nitrogens with two attached hydrogens (primary N) is 1. The van der Waals surface area contributed by atoms with E-state index in [1.807, 2.05) is 0 Å². The smallest absolute Gasteiger partial charge is 0.255 e. The van der Waals surface area contributed by atoms with Gasteiger partial charge in [-0.25, -0.2) is 10.8 Å². The number of nitrogen functional groups attached to an aromatic ring is 1. The lowest BCUT2D eigenvalue weighted by Gasteiger charge is -2.09. The molecule has 1 heterocycles. The van der Waals surface area contributed by atoms with Gasteiger partial charge in [-0.2, -0.15) is 0 Å². The van der Waals surface area contributed by atoms with Crippen molar-refractivity contribution in [3.05, 3.63) is 51.1 Å². The van der Waals surface area contributed by atoms with Gasteiger partial charge in [0.05, 0.1) is 10.7 Å². The predicted molar refractivity (Wildman–Crippen MR) is 81.5 cm³/mol. The number of amides is 1. The van der Waals surface area contributed by atoms with E-state index in [0.29, 0.717) is 21.3 Å². The molecule has 0 aliphatic carbocycles. The summed E-state index contributed by atoms with van der Waals surface area (Å²) in [5.41, 5.74) is 3.06. The van der Waals surface area contributed by atoms with E-state index in [9.17, 15) is 4.79 Å².